The summed E-state index contributed by atoms with van der Waals surface area (Å²) >= 11 is 0. The van der Waals surface area contributed by atoms with Gasteiger partial charge in [-0.2, -0.15) is 0 Å². The first-order chi connectivity index (χ1) is 8.56. The average molecular weight is 252 g/mol. The van der Waals surface area contributed by atoms with E-state index in [0.717, 1.165) is 25.7 Å². The molecule has 0 bridgehead atoms. The number of Topliss-reactive ketones (excluding diaryl/α,β-unsaturated/α-hetero) is 2. The molecule has 0 aliphatic heterocycles. The molecule has 0 heterocycles. The maximum absolute atomic E-state index is 12.2. The summed E-state index contributed by atoms with van der Waals surface area (Å²) in [5.41, 5.74) is -1.12. The van der Waals surface area contributed by atoms with Gasteiger partial charge in [0.25, 0.3) is 0 Å². The van der Waals surface area contributed by atoms with E-state index in [4.69, 9.17) is 4.74 Å². The Kier molecular flexibility index (Phi) is 3.55. The van der Waals surface area contributed by atoms with Crippen LogP contribution in [-0.2, 0) is 19.1 Å². The van der Waals surface area contributed by atoms with Crippen LogP contribution in [0.4, 0.5) is 0 Å². The zero-order valence-electron chi connectivity index (χ0n) is 11.0. The molecule has 4 heteroatoms. The summed E-state index contributed by atoms with van der Waals surface area (Å²) in [4.78, 5) is 35.9. The fourth-order valence-corrected chi connectivity index (χ4v) is 3.31. The third-order valence-corrected chi connectivity index (χ3v) is 4.31. The van der Waals surface area contributed by atoms with E-state index in [1.54, 1.807) is 0 Å². The van der Waals surface area contributed by atoms with Crippen LogP contribution in [0.5, 0.6) is 0 Å². The molecule has 0 saturated heterocycles. The predicted octanol–water partition coefficient (Wildman–Crippen LogP) is 1.90. The summed E-state index contributed by atoms with van der Waals surface area (Å²) in [7, 11) is 0. The lowest BCUT2D eigenvalue weighted by atomic mass is 9.96. The Morgan fingerprint density at radius 3 is 2.72 bits per heavy atom. The number of rotatable bonds is 5. The molecule has 100 valence electrons. The van der Waals surface area contributed by atoms with Gasteiger partial charge in [0.2, 0.25) is 0 Å². The first-order valence-corrected chi connectivity index (χ1v) is 6.77. The SMILES string of the molecule is CCCCOC(=O)[C@@]1(C(C)=O)[C@@H]2C(=O)CCC[C@@H]21. The van der Waals surface area contributed by atoms with Crippen LogP contribution in [0, 0.1) is 17.3 Å². The number of ketones is 2. The molecule has 0 radical (unpaired) electrons. The van der Waals surface area contributed by atoms with E-state index in [-0.39, 0.29) is 17.5 Å². The number of ether oxygens (including phenoxy) is 1. The normalized spacial score (nSPS) is 33.8. The van der Waals surface area contributed by atoms with Gasteiger partial charge < -0.3 is 4.74 Å². The van der Waals surface area contributed by atoms with E-state index in [1.165, 1.54) is 6.92 Å². The molecular weight excluding hydrogens is 232 g/mol. The summed E-state index contributed by atoms with van der Waals surface area (Å²) in [6.45, 7) is 3.76. The Morgan fingerprint density at radius 2 is 2.17 bits per heavy atom. The molecule has 4 nitrogen and oxygen atoms in total. The van der Waals surface area contributed by atoms with E-state index in [2.05, 4.69) is 0 Å². The fourth-order valence-electron chi connectivity index (χ4n) is 3.31. The Morgan fingerprint density at radius 1 is 1.44 bits per heavy atom. The van der Waals surface area contributed by atoms with E-state index < -0.39 is 17.3 Å². The van der Waals surface area contributed by atoms with Gasteiger partial charge in [0.1, 0.15) is 17.0 Å². The number of carbonyl (C=O) groups excluding carboxylic acids is 3. The van der Waals surface area contributed by atoms with Crippen molar-refractivity contribution in [2.24, 2.45) is 17.3 Å². The van der Waals surface area contributed by atoms with Crippen molar-refractivity contribution < 1.29 is 19.1 Å². The van der Waals surface area contributed by atoms with Crippen molar-refractivity contribution in [2.75, 3.05) is 6.61 Å². The van der Waals surface area contributed by atoms with Crippen LogP contribution in [0.25, 0.3) is 0 Å². The van der Waals surface area contributed by atoms with Crippen LogP contribution in [0.3, 0.4) is 0 Å². The second-order valence-corrected chi connectivity index (χ2v) is 5.36. The molecule has 0 N–H and O–H groups in total. The Balaban J connectivity index is 2.12. The Bertz CT molecular complexity index is 387. The van der Waals surface area contributed by atoms with Gasteiger partial charge in [-0.1, -0.05) is 13.3 Å². The largest absolute Gasteiger partial charge is 0.465 e. The minimum Gasteiger partial charge on any atom is -0.465 e. The van der Waals surface area contributed by atoms with Crippen LogP contribution in [0.1, 0.15) is 46.0 Å². The van der Waals surface area contributed by atoms with Gasteiger partial charge in [-0.3, -0.25) is 14.4 Å². The number of carbonyl (C=O) groups is 3. The quantitative estimate of drug-likeness (QED) is 0.426. The zero-order valence-corrected chi connectivity index (χ0v) is 11.0. The highest BCUT2D eigenvalue weighted by molar-refractivity contribution is 6.13. The van der Waals surface area contributed by atoms with Gasteiger partial charge in [0.05, 0.1) is 6.61 Å². The van der Waals surface area contributed by atoms with Crippen molar-refractivity contribution in [2.45, 2.75) is 46.0 Å². The van der Waals surface area contributed by atoms with Gasteiger partial charge in [-0.05, 0) is 32.1 Å². The zero-order chi connectivity index (χ0) is 13.3. The Hall–Kier alpha value is -1.19. The molecule has 18 heavy (non-hydrogen) atoms. The highest BCUT2D eigenvalue weighted by Gasteiger charge is 2.76. The molecule has 2 saturated carbocycles. The van der Waals surface area contributed by atoms with E-state index in [9.17, 15) is 14.4 Å². The van der Waals surface area contributed by atoms with E-state index >= 15 is 0 Å². The van der Waals surface area contributed by atoms with Crippen LogP contribution in [0.2, 0.25) is 0 Å². The standard InChI is InChI=1S/C14H20O4/c1-3-4-8-18-13(17)14(9(2)15)10-6-5-7-11(16)12(10)14/h10,12H,3-8H2,1-2H3/t10-,12-,14+/m0/s1. The van der Waals surface area contributed by atoms with E-state index in [0.29, 0.717) is 13.0 Å². The lowest BCUT2D eigenvalue weighted by Gasteiger charge is -2.13. The van der Waals surface area contributed by atoms with Crippen LogP contribution < -0.4 is 0 Å². The minimum atomic E-state index is -1.12. The summed E-state index contributed by atoms with van der Waals surface area (Å²) < 4.78 is 5.20. The van der Waals surface area contributed by atoms with E-state index in [1.807, 2.05) is 6.92 Å². The fraction of sp³-hybridized carbons (Fsp3) is 0.786. The molecule has 2 fully saturated rings. The number of hydrogen-bond donors (Lipinski definition) is 0. The molecule has 0 unspecified atom stereocenters. The minimum absolute atomic E-state index is 0.0638. The third kappa shape index (κ3) is 1.78. The van der Waals surface area contributed by atoms with Crippen molar-refractivity contribution in [1.29, 1.82) is 0 Å². The molecule has 0 amide bonds. The Labute approximate surface area is 107 Å². The van der Waals surface area contributed by atoms with Crippen molar-refractivity contribution in [1.82, 2.24) is 0 Å². The van der Waals surface area contributed by atoms with Crippen LogP contribution in [0.15, 0.2) is 0 Å². The monoisotopic (exact) mass is 252 g/mol. The summed E-state index contributed by atoms with van der Waals surface area (Å²) in [5.74, 6) is -1.08. The lowest BCUT2D eigenvalue weighted by Crippen LogP contribution is -2.31. The van der Waals surface area contributed by atoms with Gasteiger partial charge in [0.15, 0.2) is 0 Å². The lowest BCUT2D eigenvalue weighted by molar-refractivity contribution is -0.155. The summed E-state index contributed by atoms with van der Waals surface area (Å²) in [6.07, 6.45) is 3.81. The second kappa shape index (κ2) is 4.82. The summed E-state index contributed by atoms with van der Waals surface area (Å²) in [5, 5.41) is 0. The molecule has 2 aliphatic rings. The topological polar surface area (TPSA) is 60.4 Å². The molecule has 3 atom stereocenters. The van der Waals surface area contributed by atoms with Crippen molar-refractivity contribution in [3.8, 4) is 0 Å². The highest BCUT2D eigenvalue weighted by atomic mass is 16.5. The maximum Gasteiger partial charge on any atom is 0.320 e. The molecule has 0 spiro atoms. The highest BCUT2D eigenvalue weighted by Crippen LogP contribution is 2.65. The molecule has 0 aromatic heterocycles. The molecular formula is C14H20O4. The third-order valence-electron chi connectivity index (χ3n) is 4.31. The smallest absolute Gasteiger partial charge is 0.320 e. The molecule has 2 rings (SSSR count). The van der Waals surface area contributed by atoms with Crippen molar-refractivity contribution in [3.05, 3.63) is 0 Å². The van der Waals surface area contributed by atoms with Gasteiger partial charge in [0, 0.05) is 12.3 Å². The van der Waals surface area contributed by atoms with Crippen LogP contribution >= 0.6 is 0 Å². The van der Waals surface area contributed by atoms with Crippen molar-refractivity contribution in [3.63, 3.8) is 0 Å². The number of fused-ring (bicyclic) bond motifs is 1. The maximum atomic E-state index is 12.2. The second-order valence-electron chi connectivity index (χ2n) is 5.36. The number of esters is 1. The molecule has 0 aromatic rings. The van der Waals surface area contributed by atoms with Crippen molar-refractivity contribution >= 4 is 17.5 Å². The average Bonchev–Trinajstić information content (AvgIpc) is 3.01. The first-order valence-electron chi connectivity index (χ1n) is 6.77. The summed E-state index contributed by atoms with van der Waals surface area (Å²) in [6, 6.07) is 0. The van der Waals surface area contributed by atoms with Gasteiger partial charge in [-0.15, -0.1) is 0 Å². The number of unbranched alkanes of at least 4 members (excludes halogenated alkanes) is 1. The number of hydrogen-bond acceptors (Lipinski definition) is 4. The van der Waals surface area contributed by atoms with Gasteiger partial charge in [-0.25, -0.2) is 0 Å². The van der Waals surface area contributed by atoms with Crippen LogP contribution in [-0.4, -0.2) is 24.1 Å². The first kappa shape index (κ1) is 13.2. The molecule has 0 aromatic carbocycles. The molecule has 2 aliphatic carbocycles. The predicted molar refractivity (Wildman–Crippen MR) is 64.8 cm³/mol. The van der Waals surface area contributed by atoms with Gasteiger partial charge >= 0.3 is 5.97 Å².